The lowest BCUT2D eigenvalue weighted by atomic mass is 10.2. The van der Waals surface area contributed by atoms with Crippen LogP contribution in [0.2, 0.25) is 5.02 Å². The number of thioether (sulfide) groups is 1. The zero-order chi connectivity index (χ0) is 13.8. The fraction of sp³-hybridized carbons (Fsp3) is 0.300. The standard InChI is InChI=1S/C10H9ClF3NO2S/c11-7-3-6(4-8(15)5-7)9(16)17-1-2-18-10(12,13)14/h3-5H,1-2,15H2. The van der Waals surface area contributed by atoms with Crippen LogP contribution in [0.4, 0.5) is 18.9 Å². The lowest BCUT2D eigenvalue weighted by Gasteiger charge is -2.07. The molecule has 0 aliphatic rings. The number of carbonyl (C=O) groups is 1. The third kappa shape index (κ3) is 5.50. The van der Waals surface area contributed by atoms with Crippen molar-refractivity contribution in [2.24, 2.45) is 0 Å². The quantitative estimate of drug-likeness (QED) is 0.526. The van der Waals surface area contributed by atoms with Crippen molar-refractivity contribution in [1.82, 2.24) is 0 Å². The third-order valence-corrected chi connectivity index (χ3v) is 2.65. The van der Waals surface area contributed by atoms with Crippen molar-refractivity contribution < 1.29 is 22.7 Å². The highest BCUT2D eigenvalue weighted by atomic mass is 35.5. The molecule has 1 rings (SSSR count). The number of nitrogens with two attached hydrogens (primary N) is 1. The molecule has 0 heterocycles. The van der Waals surface area contributed by atoms with E-state index in [4.69, 9.17) is 17.3 Å². The van der Waals surface area contributed by atoms with E-state index in [1.165, 1.54) is 18.2 Å². The van der Waals surface area contributed by atoms with Gasteiger partial charge in [-0.15, -0.1) is 0 Å². The first-order valence-electron chi connectivity index (χ1n) is 4.72. The van der Waals surface area contributed by atoms with Gasteiger partial charge in [-0.3, -0.25) is 0 Å². The minimum atomic E-state index is -4.33. The number of ether oxygens (including phenoxy) is 1. The Morgan fingerprint density at radius 2 is 2.06 bits per heavy atom. The number of rotatable bonds is 4. The Hall–Kier alpha value is -1.08. The highest BCUT2D eigenvalue weighted by molar-refractivity contribution is 8.00. The number of alkyl halides is 3. The predicted molar refractivity (Wildman–Crippen MR) is 64.7 cm³/mol. The highest BCUT2D eigenvalue weighted by Crippen LogP contribution is 2.29. The van der Waals surface area contributed by atoms with Crippen LogP contribution in [0.25, 0.3) is 0 Å². The lowest BCUT2D eigenvalue weighted by Crippen LogP contribution is -2.11. The van der Waals surface area contributed by atoms with Crippen molar-refractivity contribution in [3.8, 4) is 0 Å². The van der Waals surface area contributed by atoms with Gasteiger partial charge in [0, 0.05) is 16.5 Å². The summed E-state index contributed by atoms with van der Waals surface area (Å²) in [5, 5.41) is 0.256. The second-order valence-electron chi connectivity index (χ2n) is 3.20. The molecule has 0 atom stereocenters. The average molecular weight is 300 g/mol. The Bertz CT molecular complexity index is 419. The molecule has 8 heteroatoms. The SMILES string of the molecule is Nc1cc(Cl)cc(C(=O)OCCSC(F)(F)F)c1. The topological polar surface area (TPSA) is 52.3 Å². The number of benzene rings is 1. The first-order chi connectivity index (χ1) is 8.28. The summed E-state index contributed by atoms with van der Waals surface area (Å²) in [6.45, 7) is -0.338. The molecule has 100 valence electrons. The van der Waals surface area contributed by atoms with Gasteiger partial charge in [0.15, 0.2) is 0 Å². The predicted octanol–water partition coefficient (Wildman–Crippen LogP) is 3.33. The smallest absolute Gasteiger partial charge is 0.441 e. The molecule has 0 spiro atoms. The van der Waals surface area contributed by atoms with Gasteiger partial charge in [-0.1, -0.05) is 11.6 Å². The van der Waals surface area contributed by atoms with Crippen LogP contribution in [0, 0.1) is 0 Å². The summed E-state index contributed by atoms with van der Waals surface area (Å²) in [5.74, 6) is -1.11. The van der Waals surface area contributed by atoms with Crippen LogP contribution < -0.4 is 5.73 Å². The van der Waals surface area contributed by atoms with E-state index in [1.54, 1.807) is 0 Å². The summed E-state index contributed by atoms with van der Waals surface area (Å²) in [6.07, 6.45) is 0. The van der Waals surface area contributed by atoms with Gasteiger partial charge in [0.05, 0.1) is 5.56 Å². The number of esters is 1. The molecule has 0 fully saturated rings. The Balaban J connectivity index is 2.46. The maximum Gasteiger partial charge on any atom is 0.441 e. The number of anilines is 1. The molecule has 0 amide bonds. The van der Waals surface area contributed by atoms with Gasteiger partial charge in [-0.05, 0) is 30.0 Å². The Morgan fingerprint density at radius 1 is 1.39 bits per heavy atom. The van der Waals surface area contributed by atoms with Crippen molar-refractivity contribution in [3.05, 3.63) is 28.8 Å². The van der Waals surface area contributed by atoms with Gasteiger partial charge < -0.3 is 10.5 Å². The summed E-state index contributed by atoms with van der Waals surface area (Å²) in [5.41, 5.74) is 1.52. The second-order valence-corrected chi connectivity index (χ2v) is 4.80. The molecule has 3 nitrogen and oxygen atoms in total. The van der Waals surface area contributed by atoms with E-state index in [-0.39, 0.29) is 40.4 Å². The molecule has 0 bridgehead atoms. The first-order valence-corrected chi connectivity index (χ1v) is 6.08. The molecule has 0 aromatic heterocycles. The van der Waals surface area contributed by atoms with E-state index in [0.717, 1.165) is 0 Å². The molecule has 0 aliphatic carbocycles. The zero-order valence-electron chi connectivity index (χ0n) is 8.96. The summed E-state index contributed by atoms with van der Waals surface area (Å²) in [6, 6.07) is 4.11. The van der Waals surface area contributed by atoms with Gasteiger partial charge in [-0.2, -0.15) is 13.2 Å². The summed E-state index contributed by atoms with van der Waals surface area (Å²) >= 11 is 5.42. The molecule has 0 radical (unpaired) electrons. The number of nitrogen functional groups attached to an aromatic ring is 1. The minimum Gasteiger partial charge on any atom is -0.461 e. The van der Waals surface area contributed by atoms with Gasteiger partial charge in [0.25, 0.3) is 0 Å². The Morgan fingerprint density at radius 3 is 2.61 bits per heavy atom. The van der Waals surface area contributed by atoms with Crippen molar-refractivity contribution in [2.75, 3.05) is 18.1 Å². The van der Waals surface area contributed by atoms with Gasteiger partial charge in [-0.25, -0.2) is 4.79 Å². The summed E-state index contributed by atoms with van der Waals surface area (Å²) in [7, 11) is 0. The van der Waals surface area contributed by atoms with Crippen LogP contribution in [-0.4, -0.2) is 23.8 Å². The Labute approximate surface area is 110 Å². The van der Waals surface area contributed by atoms with Gasteiger partial charge >= 0.3 is 11.5 Å². The molecule has 0 aliphatic heterocycles. The maximum absolute atomic E-state index is 11.8. The highest BCUT2D eigenvalue weighted by Gasteiger charge is 2.27. The normalized spacial score (nSPS) is 11.3. The van der Waals surface area contributed by atoms with Crippen LogP contribution >= 0.6 is 23.4 Å². The Kier molecular flexibility index (Phi) is 5.15. The molecule has 18 heavy (non-hydrogen) atoms. The van der Waals surface area contributed by atoms with E-state index < -0.39 is 11.5 Å². The first kappa shape index (κ1) is 15.0. The van der Waals surface area contributed by atoms with Crippen LogP contribution in [0.1, 0.15) is 10.4 Å². The van der Waals surface area contributed by atoms with E-state index >= 15 is 0 Å². The van der Waals surface area contributed by atoms with Crippen LogP contribution in [0.5, 0.6) is 0 Å². The fourth-order valence-corrected chi connectivity index (χ4v) is 1.75. The van der Waals surface area contributed by atoms with E-state index in [2.05, 4.69) is 4.74 Å². The van der Waals surface area contributed by atoms with E-state index in [0.29, 0.717) is 0 Å². The van der Waals surface area contributed by atoms with E-state index in [1.807, 2.05) is 0 Å². The van der Waals surface area contributed by atoms with Crippen LogP contribution in [-0.2, 0) is 4.74 Å². The average Bonchev–Trinajstić information content (AvgIpc) is 2.21. The largest absolute Gasteiger partial charge is 0.461 e. The minimum absolute atomic E-state index is 0.108. The zero-order valence-corrected chi connectivity index (χ0v) is 10.5. The monoisotopic (exact) mass is 299 g/mol. The summed E-state index contributed by atoms with van der Waals surface area (Å²) < 4.78 is 40.1. The van der Waals surface area contributed by atoms with Crippen molar-refractivity contribution in [1.29, 1.82) is 0 Å². The number of hydrogen-bond acceptors (Lipinski definition) is 4. The summed E-state index contributed by atoms with van der Waals surface area (Å²) in [4.78, 5) is 11.4. The van der Waals surface area contributed by atoms with Gasteiger partial charge in [0.1, 0.15) is 6.61 Å². The number of carbonyl (C=O) groups excluding carboxylic acids is 1. The number of halogens is 4. The number of hydrogen-bond donors (Lipinski definition) is 1. The third-order valence-electron chi connectivity index (χ3n) is 1.74. The lowest BCUT2D eigenvalue weighted by molar-refractivity contribution is -0.0331. The van der Waals surface area contributed by atoms with Crippen LogP contribution in [0.3, 0.4) is 0 Å². The van der Waals surface area contributed by atoms with Gasteiger partial charge in [0.2, 0.25) is 0 Å². The molecule has 1 aromatic carbocycles. The fourth-order valence-electron chi connectivity index (χ4n) is 1.11. The molecule has 1 aromatic rings. The van der Waals surface area contributed by atoms with Crippen molar-refractivity contribution in [2.45, 2.75) is 5.51 Å². The van der Waals surface area contributed by atoms with E-state index in [9.17, 15) is 18.0 Å². The van der Waals surface area contributed by atoms with Crippen LogP contribution in [0.15, 0.2) is 18.2 Å². The molecule has 2 N–H and O–H groups in total. The molecular formula is C10H9ClF3NO2S. The maximum atomic E-state index is 11.8. The second kappa shape index (κ2) is 6.19. The molecular weight excluding hydrogens is 291 g/mol. The van der Waals surface area contributed by atoms with Crippen molar-refractivity contribution >= 4 is 35.0 Å². The molecule has 0 unspecified atom stereocenters. The molecule has 0 saturated heterocycles. The van der Waals surface area contributed by atoms with Crippen molar-refractivity contribution in [3.63, 3.8) is 0 Å². The molecule has 0 saturated carbocycles.